The minimum atomic E-state index is -2.97. The summed E-state index contributed by atoms with van der Waals surface area (Å²) < 4.78 is 29.1. The predicted octanol–water partition coefficient (Wildman–Crippen LogP) is 2.77. The summed E-state index contributed by atoms with van der Waals surface area (Å²) in [5, 5.41) is 0. The maximum atomic E-state index is 12.2. The average Bonchev–Trinajstić information content (AvgIpc) is 2.67. The molecule has 0 atom stereocenters. The van der Waals surface area contributed by atoms with Gasteiger partial charge in [-0.15, -0.1) is 12.4 Å². The summed E-state index contributed by atoms with van der Waals surface area (Å²) in [4.78, 5) is 16.4. The number of sulfone groups is 1. The molecule has 1 aromatic carbocycles. The third kappa shape index (κ3) is 5.99. The molecule has 0 bridgehead atoms. The Hall–Kier alpha value is -1.57. The lowest BCUT2D eigenvalue weighted by molar-refractivity contribution is -0.125. The first kappa shape index (κ1) is 23.1. The number of rotatable bonds is 5. The van der Waals surface area contributed by atoms with Crippen LogP contribution in [0.1, 0.15) is 37.7 Å². The third-order valence-electron chi connectivity index (χ3n) is 6.32. The van der Waals surface area contributed by atoms with Crippen LogP contribution >= 0.6 is 12.4 Å². The van der Waals surface area contributed by atoms with Gasteiger partial charge in [0, 0.05) is 38.3 Å². The van der Waals surface area contributed by atoms with E-state index in [2.05, 4.69) is 4.90 Å². The number of halogens is 1. The van der Waals surface area contributed by atoms with E-state index in [0.717, 1.165) is 43.3 Å². The van der Waals surface area contributed by atoms with Crippen LogP contribution in [-0.4, -0.2) is 74.0 Å². The maximum Gasteiger partial charge on any atom is 0.246 e. The molecule has 2 heterocycles. The van der Waals surface area contributed by atoms with Gasteiger partial charge in [0.15, 0.2) is 9.84 Å². The molecule has 30 heavy (non-hydrogen) atoms. The van der Waals surface area contributed by atoms with Crippen LogP contribution in [0.2, 0.25) is 0 Å². The second-order valence-corrected chi connectivity index (χ2v) is 10.6. The van der Waals surface area contributed by atoms with Crippen LogP contribution in [0, 0.1) is 0 Å². The van der Waals surface area contributed by atoms with Gasteiger partial charge in [0.2, 0.25) is 5.91 Å². The summed E-state index contributed by atoms with van der Waals surface area (Å²) in [5.41, 5.74) is 0.926. The van der Waals surface area contributed by atoms with Crippen LogP contribution in [0.4, 0.5) is 0 Å². The van der Waals surface area contributed by atoms with Crippen molar-refractivity contribution in [3.8, 4) is 5.75 Å². The van der Waals surface area contributed by atoms with Gasteiger partial charge in [-0.3, -0.25) is 4.79 Å². The van der Waals surface area contributed by atoms with Crippen molar-refractivity contribution in [2.45, 2.75) is 44.2 Å². The number of likely N-dealkylation sites (tertiary alicyclic amines) is 1. The van der Waals surface area contributed by atoms with Gasteiger partial charge in [0.1, 0.15) is 11.9 Å². The number of carbonyl (C=O) groups excluding carboxylic acids is 1. The monoisotopic (exact) mass is 454 g/mol. The second kappa shape index (κ2) is 10.2. The highest BCUT2D eigenvalue weighted by Gasteiger charge is 2.29. The van der Waals surface area contributed by atoms with E-state index in [1.165, 1.54) is 25.3 Å². The van der Waals surface area contributed by atoms with Crippen LogP contribution in [0.3, 0.4) is 0 Å². The molecule has 1 aliphatic carbocycles. The highest BCUT2D eigenvalue weighted by Crippen LogP contribution is 2.28. The van der Waals surface area contributed by atoms with Crippen molar-refractivity contribution in [2.24, 2.45) is 0 Å². The molecule has 1 amide bonds. The van der Waals surface area contributed by atoms with Crippen molar-refractivity contribution < 1.29 is 17.9 Å². The largest absolute Gasteiger partial charge is 0.490 e. The smallest absolute Gasteiger partial charge is 0.246 e. The molecule has 0 spiro atoms. The molecule has 0 N–H and O–H groups in total. The summed E-state index contributed by atoms with van der Waals surface area (Å²) in [6.45, 7) is 2.82. The number of amides is 1. The third-order valence-corrected chi connectivity index (χ3v) is 7.93. The fourth-order valence-corrected chi connectivity index (χ4v) is 5.37. The Balaban J connectivity index is 0.00000256. The number of hydrogen-bond acceptors (Lipinski definition) is 5. The van der Waals surface area contributed by atoms with E-state index < -0.39 is 9.84 Å². The molecule has 166 valence electrons. The molecule has 0 aromatic heterocycles. The fourth-order valence-electron chi connectivity index (χ4n) is 4.17. The van der Waals surface area contributed by atoms with Gasteiger partial charge < -0.3 is 14.5 Å². The maximum absolute atomic E-state index is 12.2. The fraction of sp³-hybridized carbons (Fsp3) is 0.591. The van der Waals surface area contributed by atoms with Crippen molar-refractivity contribution >= 4 is 34.2 Å². The first-order valence-corrected chi connectivity index (χ1v) is 12.5. The van der Waals surface area contributed by atoms with E-state index in [-0.39, 0.29) is 49.0 Å². The van der Waals surface area contributed by atoms with Gasteiger partial charge in [-0.1, -0.05) is 18.6 Å². The van der Waals surface area contributed by atoms with E-state index in [4.69, 9.17) is 4.74 Å². The van der Waals surface area contributed by atoms with Crippen molar-refractivity contribution in [1.29, 1.82) is 0 Å². The lowest BCUT2D eigenvalue weighted by atomic mass is 9.90. The van der Waals surface area contributed by atoms with Gasteiger partial charge in [-0.2, -0.15) is 0 Å². The SMILES string of the molecule is Cl.O=C(/C=C/c1ccc(OC2CCN(C3CCC3)CC2)cc1)N1CCS(=O)(=O)CC1. The molecule has 1 saturated carbocycles. The number of hydrogen-bond donors (Lipinski definition) is 0. The predicted molar refractivity (Wildman–Crippen MR) is 121 cm³/mol. The quantitative estimate of drug-likeness (QED) is 0.640. The molecule has 0 radical (unpaired) electrons. The van der Waals surface area contributed by atoms with Crippen LogP contribution in [0.25, 0.3) is 6.08 Å². The van der Waals surface area contributed by atoms with E-state index in [0.29, 0.717) is 0 Å². The number of piperidine rings is 1. The minimum Gasteiger partial charge on any atom is -0.490 e. The lowest BCUT2D eigenvalue weighted by Crippen LogP contribution is -2.46. The summed E-state index contributed by atoms with van der Waals surface area (Å²) in [7, 11) is -2.97. The molecule has 1 aromatic rings. The zero-order valence-electron chi connectivity index (χ0n) is 17.2. The molecule has 4 rings (SSSR count). The second-order valence-electron chi connectivity index (χ2n) is 8.32. The molecule has 2 aliphatic heterocycles. The van der Waals surface area contributed by atoms with Crippen LogP contribution in [0.15, 0.2) is 30.3 Å². The van der Waals surface area contributed by atoms with Crippen molar-refractivity contribution in [3.05, 3.63) is 35.9 Å². The summed E-state index contributed by atoms with van der Waals surface area (Å²) >= 11 is 0. The molecule has 2 saturated heterocycles. The van der Waals surface area contributed by atoms with Crippen LogP contribution < -0.4 is 4.74 Å². The first-order chi connectivity index (χ1) is 14.0. The van der Waals surface area contributed by atoms with Crippen molar-refractivity contribution in [3.63, 3.8) is 0 Å². The zero-order chi connectivity index (χ0) is 20.3. The molecule has 3 fully saturated rings. The molecule has 0 unspecified atom stereocenters. The summed E-state index contributed by atoms with van der Waals surface area (Å²) in [6, 6.07) is 8.62. The molecule has 6 nitrogen and oxygen atoms in total. The van der Waals surface area contributed by atoms with Gasteiger partial charge in [-0.25, -0.2) is 8.42 Å². The Labute approximate surface area is 185 Å². The Morgan fingerprint density at radius 2 is 1.60 bits per heavy atom. The summed E-state index contributed by atoms with van der Waals surface area (Å²) in [5.74, 6) is 0.839. The Kier molecular flexibility index (Phi) is 7.82. The number of carbonyl (C=O) groups is 1. The van der Waals surface area contributed by atoms with Crippen LogP contribution in [-0.2, 0) is 14.6 Å². The van der Waals surface area contributed by atoms with Crippen LogP contribution in [0.5, 0.6) is 5.75 Å². The van der Waals surface area contributed by atoms with E-state index in [1.807, 2.05) is 24.3 Å². The Bertz CT molecular complexity index is 830. The standard InChI is InChI=1S/C22H30N2O4S.ClH/c25-22(24-14-16-29(26,27)17-15-24)9-6-18-4-7-20(8-5-18)28-21-10-12-23(13-11-21)19-2-1-3-19;/h4-9,19,21H,1-3,10-17H2;1H/b9-6+;. The lowest BCUT2D eigenvalue weighted by Gasteiger charge is -2.41. The number of benzene rings is 1. The highest BCUT2D eigenvalue weighted by molar-refractivity contribution is 7.91. The van der Waals surface area contributed by atoms with E-state index >= 15 is 0 Å². The van der Waals surface area contributed by atoms with Crippen molar-refractivity contribution in [1.82, 2.24) is 9.80 Å². The molecule has 3 aliphatic rings. The highest BCUT2D eigenvalue weighted by atomic mass is 35.5. The average molecular weight is 455 g/mol. The Morgan fingerprint density at radius 1 is 0.967 bits per heavy atom. The van der Waals surface area contributed by atoms with E-state index in [9.17, 15) is 13.2 Å². The van der Waals surface area contributed by atoms with Gasteiger partial charge in [-0.05, 0) is 49.5 Å². The number of nitrogens with zero attached hydrogens (tertiary/aromatic N) is 2. The van der Waals surface area contributed by atoms with E-state index in [1.54, 1.807) is 11.0 Å². The van der Waals surface area contributed by atoms with Gasteiger partial charge in [0.05, 0.1) is 11.5 Å². The Morgan fingerprint density at radius 3 is 2.17 bits per heavy atom. The normalized spacial score (nSPS) is 23.0. The van der Waals surface area contributed by atoms with Crippen molar-refractivity contribution in [2.75, 3.05) is 37.7 Å². The van der Waals surface area contributed by atoms with Gasteiger partial charge in [0.25, 0.3) is 0 Å². The number of ether oxygens (including phenoxy) is 1. The first-order valence-electron chi connectivity index (χ1n) is 10.7. The van der Waals surface area contributed by atoms with Gasteiger partial charge >= 0.3 is 0 Å². The zero-order valence-corrected chi connectivity index (χ0v) is 18.9. The molecule has 8 heteroatoms. The molecular formula is C22H31ClN2O4S. The topological polar surface area (TPSA) is 66.9 Å². The summed E-state index contributed by atoms with van der Waals surface area (Å²) in [6.07, 6.45) is 9.84. The molecular weight excluding hydrogens is 424 g/mol. The minimum absolute atomic E-state index is 0.